The van der Waals surface area contributed by atoms with E-state index in [1.54, 1.807) is 0 Å². The zero-order valence-corrected chi connectivity index (χ0v) is 11.5. The van der Waals surface area contributed by atoms with E-state index in [0.29, 0.717) is 5.56 Å². The number of rotatable bonds is 5. The number of nitrogens with one attached hydrogen (secondary N) is 1. The summed E-state index contributed by atoms with van der Waals surface area (Å²) < 4.78 is 22.6. The van der Waals surface area contributed by atoms with Crippen LogP contribution in [0.4, 0.5) is 0 Å². The Morgan fingerprint density at radius 2 is 1.84 bits per heavy atom. The topological polar surface area (TPSA) is 104 Å². The van der Waals surface area contributed by atoms with Crippen molar-refractivity contribution >= 4 is 15.7 Å². The van der Waals surface area contributed by atoms with Crippen molar-refractivity contribution < 1.29 is 23.4 Å². The quantitative estimate of drug-likeness (QED) is 0.685. The van der Waals surface area contributed by atoms with Gasteiger partial charge in [-0.25, -0.2) is 8.42 Å². The van der Waals surface area contributed by atoms with Crippen LogP contribution < -0.4 is 5.32 Å². The van der Waals surface area contributed by atoms with Gasteiger partial charge in [0.2, 0.25) is 5.91 Å². The second kappa shape index (κ2) is 6.14. The molecule has 1 aromatic rings. The summed E-state index contributed by atoms with van der Waals surface area (Å²) in [5.74, 6) is -0.370. The lowest BCUT2D eigenvalue weighted by atomic mass is 10.0. The molecule has 0 aromatic heterocycles. The average Bonchev–Trinajstić information content (AvgIpc) is 2.34. The molecule has 0 radical (unpaired) electrons. The molecule has 0 spiro atoms. The lowest BCUT2D eigenvalue weighted by molar-refractivity contribution is -0.121. The Hall–Kier alpha value is -1.44. The van der Waals surface area contributed by atoms with Crippen LogP contribution in [0.1, 0.15) is 18.6 Å². The number of carbonyl (C=O) groups is 1. The number of hydrogen-bond acceptors (Lipinski definition) is 5. The van der Waals surface area contributed by atoms with Crippen LogP contribution >= 0.6 is 0 Å². The van der Waals surface area contributed by atoms with Gasteiger partial charge in [0.05, 0.1) is 17.5 Å². The van der Waals surface area contributed by atoms with Gasteiger partial charge >= 0.3 is 0 Å². The Labute approximate surface area is 112 Å². The highest BCUT2D eigenvalue weighted by atomic mass is 32.2. The molecule has 0 saturated heterocycles. The van der Waals surface area contributed by atoms with Crippen molar-refractivity contribution in [3.63, 3.8) is 0 Å². The van der Waals surface area contributed by atoms with Crippen molar-refractivity contribution in [2.75, 3.05) is 12.9 Å². The maximum absolute atomic E-state index is 11.3. The lowest BCUT2D eigenvalue weighted by Gasteiger charge is -2.22. The van der Waals surface area contributed by atoms with Crippen LogP contribution in [-0.2, 0) is 14.6 Å². The third kappa shape index (κ3) is 4.30. The number of hydrogen-bond donors (Lipinski definition) is 3. The summed E-state index contributed by atoms with van der Waals surface area (Å²) in [6.07, 6.45) is -0.0192. The Kier molecular flexibility index (Phi) is 5.04. The summed E-state index contributed by atoms with van der Waals surface area (Å²) in [6, 6.07) is 4.81. The third-order valence-electron chi connectivity index (χ3n) is 2.62. The second-order valence-electron chi connectivity index (χ2n) is 4.28. The molecule has 1 rings (SSSR count). The van der Waals surface area contributed by atoms with Gasteiger partial charge in [-0.2, -0.15) is 0 Å². The van der Waals surface area contributed by atoms with Crippen molar-refractivity contribution in [2.45, 2.75) is 24.0 Å². The van der Waals surface area contributed by atoms with E-state index in [2.05, 4.69) is 5.32 Å². The van der Waals surface area contributed by atoms with Gasteiger partial charge in [0, 0.05) is 13.2 Å². The molecule has 7 heteroatoms. The Morgan fingerprint density at radius 1 is 1.32 bits per heavy atom. The lowest BCUT2D eigenvalue weighted by Crippen LogP contribution is -2.40. The Bertz CT molecular complexity index is 538. The summed E-state index contributed by atoms with van der Waals surface area (Å²) in [5.41, 5.74) is 0.417. The van der Waals surface area contributed by atoms with Crippen LogP contribution in [0.5, 0.6) is 0 Å². The van der Waals surface area contributed by atoms with Gasteiger partial charge in [0.25, 0.3) is 0 Å². The summed E-state index contributed by atoms with van der Waals surface area (Å²) in [4.78, 5) is 11.1. The molecule has 0 aliphatic carbocycles. The highest BCUT2D eigenvalue weighted by Gasteiger charge is 2.21. The van der Waals surface area contributed by atoms with Gasteiger partial charge in [0.15, 0.2) is 9.84 Å². The molecular formula is C12H17NO5S. The first kappa shape index (κ1) is 15.6. The number of aliphatic hydroxyl groups excluding tert-OH is 2. The number of sulfone groups is 1. The van der Waals surface area contributed by atoms with Gasteiger partial charge in [-0.1, -0.05) is 12.1 Å². The highest BCUT2D eigenvalue weighted by Crippen LogP contribution is 2.19. The maximum atomic E-state index is 11.3. The summed E-state index contributed by atoms with van der Waals surface area (Å²) in [7, 11) is -3.29. The van der Waals surface area contributed by atoms with E-state index in [-0.39, 0.29) is 10.8 Å². The maximum Gasteiger partial charge on any atom is 0.217 e. The fourth-order valence-corrected chi connectivity index (χ4v) is 2.26. The van der Waals surface area contributed by atoms with Crippen molar-refractivity contribution in [3.05, 3.63) is 29.8 Å². The number of carbonyl (C=O) groups excluding carboxylic acids is 1. The molecule has 0 fully saturated rings. The summed E-state index contributed by atoms with van der Waals surface area (Å²) in [5, 5.41) is 21.5. The van der Waals surface area contributed by atoms with Gasteiger partial charge in [-0.15, -0.1) is 0 Å². The molecule has 0 unspecified atom stereocenters. The van der Waals surface area contributed by atoms with Crippen molar-refractivity contribution in [2.24, 2.45) is 0 Å². The molecule has 0 bridgehead atoms. The van der Waals surface area contributed by atoms with E-state index in [0.717, 1.165) is 6.26 Å². The smallest absolute Gasteiger partial charge is 0.217 e. The first-order valence-corrected chi connectivity index (χ1v) is 7.51. The number of amides is 1. The van der Waals surface area contributed by atoms with Crippen LogP contribution in [0, 0.1) is 0 Å². The molecular weight excluding hydrogens is 270 g/mol. The zero-order chi connectivity index (χ0) is 14.6. The predicted molar refractivity (Wildman–Crippen MR) is 69.2 cm³/mol. The van der Waals surface area contributed by atoms with Crippen LogP contribution in [0.15, 0.2) is 29.2 Å². The monoisotopic (exact) mass is 287 g/mol. The summed E-state index contributed by atoms with van der Waals surface area (Å²) in [6.45, 7) is 0.858. The SMILES string of the molecule is CC(=O)N[C@H](CO)[C@H](O)c1ccc(S(C)(=O)=O)cc1. The first-order chi connectivity index (χ1) is 8.75. The van der Waals surface area contributed by atoms with Crippen molar-refractivity contribution in [1.82, 2.24) is 5.32 Å². The highest BCUT2D eigenvalue weighted by molar-refractivity contribution is 7.90. The standard InChI is InChI=1S/C12H17NO5S/c1-8(15)13-11(7-14)12(16)9-3-5-10(6-4-9)19(2,17)18/h3-6,11-12,14,16H,7H2,1-2H3,(H,13,15)/t11-,12-/m1/s1. The molecule has 0 aliphatic rings. The van der Waals surface area contributed by atoms with Crippen LogP contribution in [-0.4, -0.2) is 43.4 Å². The van der Waals surface area contributed by atoms with E-state index >= 15 is 0 Å². The van der Waals surface area contributed by atoms with E-state index < -0.39 is 28.6 Å². The molecule has 2 atom stereocenters. The van der Waals surface area contributed by atoms with Crippen molar-refractivity contribution in [1.29, 1.82) is 0 Å². The Morgan fingerprint density at radius 3 is 2.21 bits per heavy atom. The predicted octanol–water partition coefficient (Wildman–Crippen LogP) is -0.380. The minimum Gasteiger partial charge on any atom is -0.394 e. The molecule has 1 amide bonds. The van der Waals surface area contributed by atoms with Gasteiger partial charge in [0.1, 0.15) is 6.10 Å². The third-order valence-corrected chi connectivity index (χ3v) is 3.74. The van der Waals surface area contributed by atoms with E-state index in [4.69, 9.17) is 5.11 Å². The van der Waals surface area contributed by atoms with Gasteiger partial charge in [-0.05, 0) is 17.7 Å². The molecule has 0 saturated carbocycles. The van der Waals surface area contributed by atoms with Crippen molar-refractivity contribution in [3.8, 4) is 0 Å². The van der Waals surface area contributed by atoms with E-state index in [9.17, 15) is 18.3 Å². The fourth-order valence-electron chi connectivity index (χ4n) is 1.63. The van der Waals surface area contributed by atoms with Crippen LogP contribution in [0.3, 0.4) is 0 Å². The second-order valence-corrected chi connectivity index (χ2v) is 6.29. The normalized spacial score (nSPS) is 14.7. The van der Waals surface area contributed by atoms with Gasteiger partial charge in [-0.3, -0.25) is 4.79 Å². The molecule has 0 heterocycles. The summed E-state index contributed by atoms with van der Waals surface area (Å²) >= 11 is 0. The minimum absolute atomic E-state index is 0.142. The largest absolute Gasteiger partial charge is 0.394 e. The molecule has 0 aliphatic heterocycles. The van der Waals surface area contributed by atoms with Gasteiger partial charge < -0.3 is 15.5 Å². The zero-order valence-electron chi connectivity index (χ0n) is 10.7. The minimum atomic E-state index is -3.29. The molecule has 6 nitrogen and oxygen atoms in total. The fraction of sp³-hybridized carbons (Fsp3) is 0.417. The molecule has 3 N–H and O–H groups in total. The number of benzene rings is 1. The molecule has 1 aromatic carbocycles. The molecule has 19 heavy (non-hydrogen) atoms. The Balaban J connectivity index is 2.93. The van der Waals surface area contributed by atoms with E-state index in [1.807, 2.05) is 0 Å². The van der Waals surface area contributed by atoms with Crippen LogP contribution in [0.2, 0.25) is 0 Å². The molecule has 106 valence electrons. The van der Waals surface area contributed by atoms with Crippen LogP contribution in [0.25, 0.3) is 0 Å². The first-order valence-electron chi connectivity index (χ1n) is 5.61. The van der Waals surface area contributed by atoms with E-state index in [1.165, 1.54) is 31.2 Å². The average molecular weight is 287 g/mol. The number of aliphatic hydroxyl groups is 2.